The highest BCUT2D eigenvalue weighted by molar-refractivity contribution is 7.80. The molecule has 0 radical (unpaired) electrons. The first-order valence-corrected chi connectivity index (χ1v) is 8.40. The van der Waals surface area contributed by atoms with Crippen LogP contribution in [-0.2, 0) is 16.1 Å². The maximum atomic E-state index is 12.5. The average Bonchev–Trinajstić information content (AvgIpc) is 2.93. The summed E-state index contributed by atoms with van der Waals surface area (Å²) in [5.74, 6) is -0.0369. The highest BCUT2D eigenvalue weighted by Crippen LogP contribution is 2.20. The molecule has 0 bridgehead atoms. The van der Waals surface area contributed by atoms with E-state index in [2.05, 4.69) is 36.7 Å². The summed E-state index contributed by atoms with van der Waals surface area (Å²) in [6.45, 7) is 8.36. The molecule has 23 heavy (non-hydrogen) atoms. The molecule has 0 aliphatic carbocycles. The maximum absolute atomic E-state index is 12.5. The number of thiocarbonyl (C=S) groups is 1. The van der Waals surface area contributed by atoms with E-state index in [0.29, 0.717) is 24.0 Å². The van der Waals surface area contributed by atoms with Crippen molar-refractivity contribution in [1.29, 1.82) is 0 Å². The smallest absolute Gasteiger partial charge is 0.276 e. The number of hydrogen-bond donors (Lipinski definition) is 1. The SMILES string of the molecule is CCCCN1C(=O)/C(=C\c2cc(C)n(CCOC)c2C)NC1=S. The predicted octanol–water partition coefficient (Wildman–Crippen LogP) is 2.61. The second-order valence-corrected chi connectivity index (χ2v) is 6.16. The van der Waals surface area contributed by atoms with Crippen LogP contribution in [0.3, 0.4) is 0 Å². The lowest BCUT2D eigenvalue weighted by molar-refractivity contribution is -0.122. The summed E-state index contributed by atoms with van der Waals surface area (Å²) in [4.78, 5) is 14.1. The normalized spacial score (nSPS) is 16.5. The van der Waals surface area contributed by atoms with Crippen LogP contribution in [0.2, 0.25) is 0 Å². The largest absolute Gasteiger partial charge is 0.383 e. The Morgan fingerprint density at radius 2 is 2.09 bits per heavy atom. The number of methoxy groups -OCH3 is 1. The molecule has 5 nitrogen and oxygen atoms in total. The quantitative estimate of drug-likeness (QED) is 0.615. The molecule has 1 amide bonds. The van der Waals surface area contributed by atoms with Crippen LogP contribution in [0.25, 0.3) is 6.08 Å². The third kappa shape index (κ3) is 3.82. The van der Waals surface area contributed by atoms with Crippen molar-refractivity contribution in [3.8, 4) is 0 Å². The summed E-state index contributed by atoms with van der Waals surface area (Å²) in [6.07, 6.45) is 3.88. The van der Waals surface area contributed by atoms with Crippen molar-refractivity contribution >= 4 is 29.3 Å². The van der Waals surface area contributed by atoms with Crippen LogP contribution in [0.4, 0.5) is 0 Å². The molecule has 2 heterocycles. The second kappa shape index (κ2) is 7.75. The van der Waals surface area contributed by atoms with E-state index < -0.39 is 0 Å². The zero-order chi connectivity index (χ0) is 17.0. The van der Waals surface area contributed by atoms with Crippen LogP contribution < -0.4 is 5.32 Å². The van der Waals surface area contributed by atoms with Gasteiger partial charge in [0.25, 0.3) is 5.91 Å². The number of unbranched alkanes of at least 4 members (excludes halogenated alkanes) is 1. The van der Waals surface area contributed by atoms with E-state index in [9.17, 15) is 4.79 Å². The lowest BCUT2D eigenvalue weighted by atomic mass is 10.2. The molecule has 0 atom stereocenters. The van der Waals surface area contributed by atoms with Crippen LogP contribution >= 0.6 is 12.2 Å². The molecule has 0 spiro atoms. The van der Waals surface area contributed by atoms with Crippen molar-refractivity contribution in [2.75, 3.05) is 20.3 Å². The number of rotatable bonds is 7. The Labute approximate surface area is 143 Å². The summed E-state index contributed by atoms with van der Waals surface area (Å²) in [5, 5.41) is 3.55. The Balaban J connectivity index is 2.22. The maximum Gasteiger partial charge on any atom is 0.276 e. The van der Waals surface area contributed by atoms with Crippen molar-refractivity contribution < 1.29 is 9.53 Å². The van der Waals surface area contributed by atoms with Gasteiger partial charge in [-0.15, -0.1) is 0 Å². The second-order valence-electron chi connectivity index (χ2n) is 5.77. The number of amides is 1. The van der Waals surface area contributed by atoms with Crippen molar-refractivity contribution in [2.45, 2.75) is 40.2 Å². The van der Waals surface area contributed by atoms with Crippen molar-refractivity contribution in [2.24, 2.45) is 0 Å². The fraction of sp³-hybridized carbons (Fsp3) is 0.529. The van der Waals surface area contributed by atoms with E-state index in [1.54, 1.807) is 12.0 Å². The summed E-state index contributed by atoms with van der Waals surface area (Å²) < 4.78 is 7.35. The Morgan fingerprint density at radius 3 is 2.74 bits per heavy atom. The number of aromatic nitrogens is 1. The average molecular weight is 335 g/mol. The first-order valence-electron chi connectivity index (χ1n) is 7.99. The molecule has 0 unspecified atom stereocenters. The molecule has 126 valence electrons. The van der Waals surface area contributed by atoms with E-state index in [1.165, 1.54) is 0 Å². The Morgan fingerprint density at radius 1 is 1.35 bits per heavy atom. The fourth-order valence-corrected chi connectivity index (χ4v) is 3.03. The van der Waals surface area contributed by atoms with Gasteiger partial charge in [0.1, 0.15) is 5.70 Å². The van der Waals surface area contributed by atoms with Crippen molar-refractivity contribution in [1.82, 2.24) is 14.8 Å². The number of aryl methyl sites for hydroxylation is 1. The minimum atomic E-state index is -0.0369. The molecule has 0 saturated carbocycles. The van der Waals surface area contributed by atoms with E-state index >= 15 is 0 Å². The van der Waals surface area contributed by atoms with Gasteiger partial charge in [-0.05, 0) is 50.2 Å². The van der Waals surface area contributed by atoms with Crippen LogP contribution in [-0.4, -0.2) is 40.7 Å². The Hall–Kier alpha value is -1.66. The third-order valence-corrected chi connectivity index (χ3v) is 4.45. The first kappa shape index (κ1) is 17.7. The number of carbonyl (C=O) groups is 1. The van der Waals surface area contributed by atoms with Crippen LogP contribution in [0, 0.1) is 13.8 Å². The van der Waals surface area contributed by atoms with E-state index in [4.69, 9.17) is 17.0 Å². The van der Waals surface area contributed by atoms with Gasteiger partial charge in [-0.25, -0.2) is 0 Å². The highest BCUT2D eigenvalue weighted by Gasteiger charge is 2.30. The molecule has 1 aromatic rings. The number of nitrogens with one attached hydrogen (secondary N) is 1. The van der Waals surface area contributed by atoms with E-state index in [0.717, 1.165) is 36.3 Å². The zero-order valence-corrected chi connectivity index (χ0v) is 15.1. The standard InChI is InChI=1S/C17H25N3O2S/c1-5-6-7-20-16(21)15(18-17(20)23)11-14-10-12(2)19(13(14)3)8-9-22-4/h10-11H,5-9H2,1-4H3,(H,18,23)/b15-11+. The number of nitrogens with zero attached hydrogens (tertiary/aromatic N) is 2. The molecule has 0 aromatic carbocycles. The fourth-order valence-electron chi connectivity index (χ4n) is 2.75. The monoisotopic (exact) mass is 335 g/mol. The number of ether oxygens (including phenoxy) is 1. The molecule has 6 heteroatoms. The molecule has 2 rings (SSSR count). The van der Waals surface area contributed by atoms with Gasteiger partial charge in [0.2, 0.25) is 0 Å². The summed E-state index contributed by atoms with van der Waals surface area (Å²) in [7, 11) is 1.70. The lowest BCUT2D eigenvalue weighted by Crippen LogP contribution is -2.31. The van der Waals surface area contributed by atoms with Gasteiger partial charge in [0, 0.05) is 31.6 Å². The Bertz CT molecular complexity index is 634. The number of carbonyl (C=O) groups excluding carboxylic acids is 1. The predicted molar refractivity (Wildman–Crippen MR) is 96.1 cm³/mol. The van der Waals surface area contributed by atoms with Crippen molar-refractivity contribution in [3.05, 3.63) is 28.7 Å². The van der Waals surface area contributed by atoms with Gasteiger partial charge < -0.3 is 14.6 Å². The van der Waals surface area contributed by atoms with Gasteiger partial charge in [0.15, 0.2) is 5.11 Å². The zero-order valence-electron chi connectivity index (χ0n) is 14.3. The summed E-state index contributed by atoms with van der Waals surface area (Å²) in [5.41, 5.74) is 3.87. The van der Waals surface area contributed by atoms with E-state index in [1.807, 2.05) is 6.08 Å². The molecule has 1 fully saturated rings. The van der Waals surface area contributed by atoms with Crippen LogP contribution in [0.1, 0.15) is 36.7 Å². The molecule has 1 N–H and O–H groups in total. The molecular weight excluding hydrogens is 310 g/mol. The lowest BCUT2D eigenvalue weighted by Gasteiger charge is -2.12. The molecule has 1 aliphatic heterocycles. The molecule has 1 aromatic heterocycles. The summed E-state index contributed by atoms with van der Waals surface area (Å²) in [6, 6.07) is 2.09. The van der Waals surface area contributed by atoms with Gasteiger partial charge in [0.05, 0.1) is 6.61 Å². The van der Waals surface area contributed by atoms with Crippen LogP contribution in [0.5, 0.6) is 0 Å². The first-order chi connectivity index (χ1) is 11.0. The van der Waals surface area contributed by atoms with Crippen molar-refractivity contribution in [3.63, 3.8) is 0 Å². The highest BCUT2D eigenvalue weighted by atomic mass is 32.1. The summed E-state index contributed by atoms with van der Waals surface area (Å²) >= 11 is 5.28. The minimum absolute atomic E-state index is 0.0369. The molecule has 1 aliphatic rings. The molecule has 1 saturated heterocycles. The van der Waals surface area contributed by atoms with Gasteiger partial charge >= 0.3 is 0 Å². The van der Waals surface area contributed by atoms with Gasteiger partial charge in [-0.3, -0.25) is 9.69 Å². The van der Waals surface area contributed by atoms with Crippen LogP contribution in [0.15, 0.2) is 11.8 Å². The van der Waals surface area contributed by atoms with E-state index in [-0.39, 0.29) is 5.91 Å². The number of hydrogen-bond acceptors (Lipinski definition) is 3. The van der Waals surface area contributed by atoms with Gasteiger partial charge in [-0.1, -0.05) is 13.3 Å². The third-order valence-electron chi connectivity index (χ3n) is 4.13. The topological polar surface area (TPSA) is 46.5 Å². The Kier molecular flexibility index (Phi) is 5.96. The minimum Gasteiger partial charge on any atom is -0.383 e. The van der Waals surface area contributed by atoms with Gasteiger partial charge in [-0.2, -0.15) is 0 Å². The molecular formula is C17H25N3O2S.